The second-order valence-corrected chi connectivity index (χ2v) is 15.8. The van der Waals surface area contributed by atoms with Crippen LogP contribution in [0.25, 0.3) is 93.5 Å². The van der Waals surface area contributed by atoms with Crippen LogP contribution in [-0.2, 0) is 0 Å². The first-order valence-electron chi connectivity index (χ1n) is 26.2. The van der Waals surface area contributed by atoms with E-state index in [-0.39, 0.29) is 35.3 Å². The molecule has 2 nitrogen and oxygen atoms in total. The molecule has 12 rings (SSSR count). The molecule has 0 aliphatic rings. The van der Waals surface area contributed by atoms with Crippen LogP contribution in [0.3, 0.4) is 0 Å². The number of aromatic nitrogens is 1. The largest absolute Gasteiger partial charge is 0.310 e. The summed E-state index contributed by atoms with van der Waals surface area (Å²) in [4.78, 5) is 2.06. The van der Waals surface area contributed by atoms with E-state index in [1.165, 1.54) is 21.5 Å². The smallest absolute Gasteiger partial charge is 0.0629 e. The van der Waals surface area contributed by atoms with Crippen molar-refractivity contribution in [2.24, 2.45) is 0 Å². The number of fused-ring (bicyclic) bond motifs is 5. The Kier molecular flexibility index (Phi) is 6.95. The van der Waals surface area contributed by atoms with Crippen molar-refractivity contribution in [2.45, 2.75) is 0 Å². The number of benzene rings is 11. The highest BCUT2D eigenvalue weighted by Crippen LogP contribution is 2.43. The Balaban J connectivity index is 0.949. The van der Waals surface area contributed by atoms with Crippen molar-refractivity contribution < 1.29 is 13.7 Å². The molecule has 0 aliphatic heterocycles. The van der Waals surface area contributed by atoms with E-state index in [0.717, 1.165) is 55.4 Å². The van der Waals surface area contributed by atoms with E-state index in [2.05, 4.69) is 137 Å². The standard InChI is InChI=1S/C62H42N2/c1-3-13-43(14-4-1)46-29-35-52(36-30-46)63(53-37-31-47(32-38-53)44-15-5-2-6-16-44)60-24-12-21-56-55(20-11-22-57(56)60)49-27-25-48(26-28-49)51-34-40-59-58-19-9-10-23-61(58)64(62(59)42-51)54-39-33-45-17-7-8-18-50(45)41-54/h1-42H/i1D,2D,3D,4D,5D,6D,13D,14D,15D,16D. The van der Waals surface area contributed by atoms with Crippen molar-refractivity contribution in [3.8, 4) is 50.2 Å². The van der Waals surface area contributed by atoms with Crippen LogP contribution in [0.2, 0.25) is 0 Å². The van der Waals surface area contributed by atoms with Gasteiger partial charge in [0.05, 0.1) is 30.4 Å². The van der Waals surface area contributed by atoms with Gasteiger partial charge in [-0.3, -0.25) is 0 Å². The summed E-state index contributed by atoms with van der Waals surface area (Å²) in [6.45, 7) is 0. The zero-order valence-corrected chi connectivity index (χ0v) is 34.4. The summed E-state index contributed by atoms with van der Waals surface area (Å²) in [5, 5.41) is 6.69. The first kappa shape index (κ1) is 28.2. The molecular weight excluding hydrogens is 773 g/mol. The highest BCUT2D eigenvalue weighted by molar-refractivity contribution is 6.11. The molecule has 0 radical (unpaired) electrons. The number of nitrogens with zero attached hydrogens (tertiary/aromatic N) is 2. The molecule has 0 saturated carbocycles. The topological polar surface area (TPSA) is 8.17 Å². The van der Waals surface area contributed by atoms with Gasteiger partial charge in [0.15, 0.2) is 0 Å². The lowest BCUT2D eigenvalue weighted by molar-refractivity contribution is 1.19. The Labute approximate surface area is 387 Å². The molecule has 1 aromatic heterocycles. The molecule has 0 N–H and O–H groups in total. The molecular formula is C62H42N2. The van der Waals surface area contributed by atoms with Crippen molar-refractivity contribution in [2.75, 3.05) is 4.90 Å². The van der Waals surface area contributed by atoms with Crippen LogP contribution in [-0.4, -0.2) is 4.57 Å². The van der Waals surface area contributed by atoms with E-state index in [4.69, 9.17) is 13.7 Å². The van der Waals surface area contributed by atoms with Gasteiger partial charge in [-0.15, -0.1) is 0 Å². The van der Waals surface area contributed by atoms with Crippen molar-refractivity contribution in [3.05, 3.63) is 255 Å². The summed E-state index contributed by atoms with van der Waals surface area (Å²) in [6, 6.07) is 62.0. The number of rotatable bonds is 8. The summed E-state index contributed by atoms with van der Waals surface area (Å²) < 4.78 is 86.3. The van der Waals surface area contributed by atoms with Crippen LogP contribution < -0.4 is 4.90 Å². The van der Waals surface area contributed by atoms with Gasteiger partial charge in [-0.25, -0.2) is 0 Å². The van der Waals surface area contributed by atoms with Crippen LogP contribution in [0, 0.1) is 0 Å². The zero-order chi connectivity index (χ0) is 51.1. The Morgan fingerprint density at radius 1 is 0.328 bits per heavy atom. The zero-order valence-electron chi connectivity index (χ0n) is 44.4. The van der Waals surface area contributed by atoms with Crippen molar-refractivity contribution in [3.63, 3.8) is 0 Å². The van der Waals surface area contributed by atoms with Gasteiger partial charge in [-0.05, 0) is 115 Å². The van der Waals surface area contributed by atoms with E-state index < -0.39 is 36.3 Å². The molecule has 0 aliphatic carbocycles. The average molecular weight is 825 g/mol. The van der Waals surface area contributed by atoms with E-state index in [9.17, 15) is 0 Å². The Morgan fingerprint density at radius 2 is 0.859 bits per heavy atom. The number of hydrogen-bond donors (Lipinski definition) is 0. The maximum Gasteiger partial charge on any atom is 0.0629 e. The summed E-state index contributed by atoms with van der Waals surface area (Å²) in [7, 11) is 0. The van der Waals surface area contributed by atoms with Gasteiger partial charge >= 0.3 is 0 Å². The maximum absolute atomic E-state index is 8.64. The van der Waals surface area contributed by atoms with Crippen LogP contribution in [0.5, 0.6) is 0 Å². The molecule has 12 aromatic rings. The van der Waals surface area contributed by atoms with Crippen LogP contribution in [0.1, 0.15) is 13.7 Å². The molecule has 0 atom stereocenters. The molecule has 300 valence electrons. The second kappa shape index (κ2) is 15.8. The number of para-hydroxylation sites is 1. The summed E-state index contributed by atoms with van der Waals surface area (Å²) in [5.41, 5.74) is 11.0. The predicted molar refractivity (Wildman–Crippen MR) is 272 cm³/mol. The molecule has 0 bridgehead atoms. The van der Waals surface area contributed by atoms with Gasteiger partial charge < -0.3 is 9.47 Å². The highest BCUT2D eigenvalue weighted by atomic mass is 15.1. The number of anilines is 3. The Hall–Kier alpha value is -8.46. The molecule has 1 heterocycles. The SMILES string of the molecule is [2H]c1c([2H])c([2H])c(-c2ccc(N(c3ccc(-c4c([2H])c([2H])c([2H])c([2H])c4[2H])cc3)c3cccc4c(-c5ccc(-c6ccc7c8ccccc8n(-c8ccc9ccccc9c8)c7c6)cc5)cccc34)cc2)c([2H])c1[2H]. The molecule has 2 heteroatoms. The van der Waals surface area contributed by atoms with Crippen molar-refractivity contribution in [1.29, 1.82) is 0 Å². The molecule has 0 spiro atoms. The van der Waals surface area contributed by atoms with Gasteiger partial charge in [0.2, 0.25) is 0 Å². The minimum absolute atomic E-state index is 0.0997. The van der Waals surface area contributed by atoms with Crippen molar-refractivity contribution >= 4 is 60.4 Å². The molecule has 11 aromatic carbocycles. The minimum atomic E-state index is -0.458. The third-order valence-corrected chi connectivity index (χ3v) is 12.2. The van der Waals surface area contributed by atoms with Gasteiger partial charge in [-0.2, -0.15) is 0 Å². The van der Waals surface area contributed by atoms with Crippen molar-refractivity contribution in [1.82, 2.24) is 4.57 Å². The third kappa shape index (κ3) is 6.61. The lowest BCUT2D eigenvalue weighted by Gasteiger charge is -2.27. The fourth-order valence-corrected chi connectivity index (χ4v) is 9.10. The molecule has 64 heavy (non-hydrogen) atoms. The summed E-state index contributed by atoms with van der Waals surface area (Å²) in [6.07, 6.45) is 0. The fourth-order valence-electron chi connectivity index (χ4n) is 9.10. The molecule has 0 fully saturated rings. The van der Waals surface area contributed by atoms with Gasteiger partial charge in [0.25, 0.3) is 0 Å². The monoisotopic (exact) mass is 824 g/mol. The Bertz CT molecular complexity index is 4070. The lowest BCUT2D eigenvalue weighted by atomic mass is 9.95. The fraction of sp³-hybridized carbons (Fsp3) is 0. The highest BCUT2D eigenvalue weighted by Gasteiger charge is 2.18. The van der Waals surface area contributed by atoms with E-state index >= 15 is 0 Å². The Morgan fingerprint density at radius 3 is 1.56 bits per heavy atom. The van der Waals surface area contributed by atoms with Gasteiger partial charge in [0.1, 0.15) is 0 Å². The number of hydrogen-bond acceptors (Lipinski definition) is 1. The normalized spacial score (nSPS) is 13.6. The lowest BCUT2D eigenvalue weighted by Crippen LogP contribution is -2.10. The molecule has 0 unspecified atom stereocenters. The summed E-state index contributed by atoms with van der Waals surface area (Å²) >= 11 is 0. The van der Waals surface area contributed by atoms with Gasteiger partial charge in [0, 0.05) is 33.2 Å². The minimum Gasteiger partial charge on any atom is -0.310 e. The average Bonchev–Trinajstić information content (AvgIpc) is 3.77. The van der Waals surface area contributed by atoms with E-state index in [1.54, 1.807) is 24.3 Å². The first-order valence-corrected chi connectivity index (χ1v) is 21.2. The predicted octanol–water partition coefficient (Wildman–Crippen LogP) is 17.2. The second-order valence-electron chi connectivity index (χ2n) is 15.8. The quantitative estimate of drug-likeness (QED) is 0.148. The van der Waals surface area contributed by atoms with Crippen LogP contribution in [0.15, 0.2) is 255 Å². The van der Waals surface area contributed by atoms with E-state index in [1.807, 2.05) is 42.5 Å². The van der Waals surface area contributed by atoms with E-state index in [0.29, 0.717) is 22.5 Å². The third-order valence-electron chi connectivity index (χ3n) is 12.2. The van der Waals surface area contributed by atoms with Crippen LogP contribution >= 0.6 is 0 Å². The molecule has 0 amide bonds. The van der Waals surface area contributed by atoms with Gasteiger partial charge in [-0.1, -0.05) is 200 Å². The maximum atomic E-state index is 8.64. The first-order chi connectivity index (χ1) is 35.9. The van der Waals surface area contributed by atoms with Crippen LogP contribution in [0.4, 0.5) is 17.1 Å². The molecule has 0 saturated heterocycles. The summed E-state index contributed by atoms with van der Waals surface area (Å²) in [5.74, 6) is 0.